The lowest BCUT2D eigenvalue weighted by Gasteiger charge is -2.27. The van der Waals surface area contributed by atoms with E-state index in [0.29, 0.717) is 57.4 Å². The van der Waals surface area contributed by atoms with Crippen LogP contribution in [-0.2, 0) is 6.54 Å². The van der Waals surface area contributed by atoms with Crippen LogP contribution in [0.1, 0.15) is 25.3 Å². The van der Waals surface area contributed by atoms with Crippen LogP contribution >= 0.6 is 23.2 Å². The second-order valence-corrected chi connectivity index (χ2v) is 10.8. The van der Waals surface area contributed by atoms with Crippen molar-refractivity contribution < 1.29 is 9.47 Å². The predicted molar refractivity (Wildman–Crippen MR) is 149 cm³/mol. The summed E-state index contributed by atoms with van der Waals surface area (Å²) in [5.74, 6) is 1.69. The van der Waals surface area contributed by atoms with E-state index in [4.69, 9.17) is 37.7 Å². The van der Waals surface area contributed by atoms with Gasteiger partial charge in [0.05, 0.1) is 11.6 Å². The Hall–Kier alpha value is -2.91. The highest BCUT2D eigenvalue weighted by Crippen LogP contribution is 2.43. The minimum Gasteiger partial charge on any atom is -0.491 e. The maximum atomic E-state index is 6.87. The van der Waals surface area contributed by atoms with Crippen molar-refractivity contribution >= 4 is 34.4 Å². The normalized spacial score (nSPS) is 17.0. The van der Waals surface area contributed by atoms with Gasteiger partial charge in [0.25, 0.3) is 0 Å². The van der Waals surface area contributed by atoms with Gasteiger partial charge in [-0.05, 0) is 37.5 Å². The van der Waals surface area contributed by atoms with Gasteiger partial charge in [-0.1, -0.05) is 53.5 Å². The molecular formula is C28H30Cl2N6O2. The number of hydrogen-bond acceptors (Lipinski definition) is 7. The molecule has 0 unspecified atom stereocenters. The summed E-state index contributed by atoms with van der Waals surface area (Å²) in [6, 6.07) is 13.9. The highest BCUT2D eigenvalue weighted by atomic mass is 35.5. The molecule has 1 N–H and O–H groups in total. The Bertz CT molecular complexity index is 1430. The molecule has 10 heteroatoms. The van der Waals surface area contributed by atoms with Gasteiger partial charge in [0.1, 0.15) is 35.1 Å². The molecule has 1 saturated carbocycles. The van der Waals surface area contributed by atoms with E-state index in [1.54, 1.807) is 0 Å². The SMILES string of the molecule is CC1(Oc2ncnc3c2nc(-c2ccc(OCCN4CCNCC4)c(Cl)c2Cl)n3Cc2ccccc2)CC1. The summed E-state index contributed by atoms with van der Waals surface area (Å²) in [5.41, 5.74) is 2.90. The number of benzene rings is 2. The third-order valence-corrected chi connectivity index (χ3v) is 8.01. The molecule has 6 rings (SSSR count). The van der Waals surface area contributed by atoms with Crippen molar-refractivity contribution in [2.45, 2.75) is 31.9 Å². The first kappa shape index (κ1) is 25.4. The molecular weight excluding hydrogens is 523 g/mol. The molecule has 2 aromatic heterocycles. The number of halogens is 2. The Labute approximate surface area is 231 Å². The highest BCUT2D eigenvalue weighted by Gasteiger charge is 2.41. The molecule has 0 atom stereocenters. The molecule has 0 spiro atoms. The number of aromatic nitrogens is 4. The van der Waals surface area contributed by atoms with Crippen LogP contribution in [0.25, 0.3) is 22.6 Å². The van der Waals surface area contributed by atoms with Crippen molar-refractivity contribution in [3.63, 3.8) is 0 Å². The number of fused-ring (bicyclic) bond motifs is 1. The minimum atomic E-state index is -0.199. The summed E-state index contributed by atoms with van der Waals surface area (Å²) in [7, 11) is 0. The maximum absolute atomic E-state index is 6.87. The lowest BCUT2D eigenvalue weighted by atomic mass is 10.2. The fourth-order valence-electron chi connectivity index (χ4n) is 4.66. The second-order valence-electron chi connectivity index (χ2n) is 10.1. The number of imidazole rings is 1. The molecule has 1 aliphatic carbocycles. The zero-order valence-electron chi connectivity index (χ0n) is 21.3. The summed E-state index contributed by atoms with van der Waals surface area (Å²) < 4.78 is 14.3. The summed E-state index contributed by atoms with van der Waals surface area (Å²) in [6.45, 7) is 8.05. The number of rotatable bonds is 9. The Morgan fingerprint density at radius 2 is 1.79 bits per heavy atom. The van der Waals surface area contributed by atoms with Crippen LogP contribution in [-0.4, -0.2) is 69.4 Å². The monoisotopic (exact) mass is 552 g/mol. The van der Waals surface area contributed by atoms with Crippen molar-refractivity contribution in [3.05, 3.63) is 64.4 Å². The van der Waals surface area contributed by atoms with Crippen molar-refractivity contribution in [1.29, 1.82) is 0 Å². The van der Waals surface area contributed by atoms with E-state index >= 15 is 0 Å². The molecule has 3 heterocycles. The van der Waals surface area contributed by atoms with Crippen molar-refractivity contribution in [2.75, 3.05) is 39.3 Å². The minimum absolute atomic E-state index is 0.199. The number of piperazine rings is 1. The van der Waals surface area contributed by atoms with E-state index in [2.05, 4.69) is 39.2 Å². The molecule has 2 aliphatic rings. The van der Waals surface area contributed by atoms with Gasteiger partial charge in [-0.2, -0.15) is 4.98 Å². The third-order valence-electron chi connectivity index (χ3n) is 7.14. The Balaban J connectivity index is 1.34. The van der Waals surface area contributed by atoms with Crippen molar-refractivity contribution in [3.8, 4) is 23.0 Å². The summed E-state index contributed by atoms with van der Waals surface area (Å²) in [6.07, 6.45) is 3.52. The van der Waals surface area contributed by atoms with E-state index in [1.807, 2.05) is 34.9 Å². The third kappa shape index (κ3) is 5.31. The molecule has 2 fully saturated rings. The zero-order chi connectivity index (χ0) is 26.1. The highest BCUT2D eigenvalue weighted by molar-refractivity contribution is 6.44. The van der Waals surface area contributed by atoms with Gasteiger partial charge in [-0.3, -0.25) is 4.90 Å². The molecule has 38 heavy (non-hydrogen) atoms. The number of ether oxygens (including phenoxy) is 2. The van der Waals surface area contributed by atoms with Crippen LogP contribution in [0.5, 0.6) is 11.6 Å². The molecule has 0 amide bonds. The standard InChI is InChI=1S/C28H30Cl2N6O2/c1-28(9-10-28)38-27-24-26(32-18-33-27)36(17-19-5-3-2-4-6-19)25(34-24)20-7-8-21(23(30)22(20)29)37-16-15-35-13-11-31-12-14-35/h2-8,18,31H,9-17H2,1H3. The van der Waals surface area contributed by atoms with Crippen LogP contribution in [0.15, 0.2) is 48.8 Å². The quantitative estimate of drug-likeness (QED) is 0.310. The molecule has 2 aromatic carbocycles. The molecule has 198 valence electrons. The number of nitrogens with zero attached hydrogens (tertiary/aromatic N) is 5. The van der Waals surface area contributed by atoms with Crippen molar-refractivity contribution in [1.82, 2.24) is 29.7 Å². The number of nitrogens with one attached hydrogen (secondary N) is 1. The van der Waals surface area contributed by atoms with Gasteiger partial charge < -0.3 is 19.4 Å². The van der Waals surface area contributed by atoms with Crippen LogP contribution in [0.4, 0.5) is 0 Å². The van der Waals surface area contributed by atoms with E-state index in [1.165, 1.54) is 6.33 Å². The molecule has 4 aromatic rings. The average molecular weight is 553 g/mol. The van der Waals surface area contributed by atoms with E-state index in [9.17, 15) is 0 Å². The molecule has 8 nitrogen and oxygen atoms in total. The molecule has 1 aliphatic heterocycles. The fourth-order valence-corrected chi connectivity index (χ4v) is 5.12. The first-order valence-corrected chi connectivity index (χ1v) is 13.7. The van der Waals surface area contributed by atoms with Gasteiger partial charge in [0.2, 0.25) is 5.88 Å². The van der Waals surface area contributed by atoms with Crippen LogP contribution in [0.3, 0.4) is 0 Å². The Kier molecular flexibility index (Phi) is 7.14. The lowest BCUT2D eigenvalue weighted by Crippen LogP contribution is -2.44. The predicted octanol–water partition coefficient (Wildman–Crippen LogP) is 5.06. The van der Waals surface area contributed by atoms with Crippen molar-refractivity contribution in [2.24, 2.45) is 0 Å². The Morgan fingerprint density at radius 1 is 1.00 bits per heavy atom. The van der Waals surface area contributed by atoms with Crippen LogP contribution in [0.2, 0.25) is 10.0 Å². The lowest BCUT2D eigenvalue weighted by molar-refractivity contribution is 0.191. The largest absolute Gasteiger partial charge is 0.491 e. The second kappa shape index (κ2) is 10.7. The fraction of sp³-hybridized carbons (Fsp3) is 0.393. The van der Waals surface area contributed by atoms with Gasteiger partial charge in [0, 0.05) is 38.3 Å². The molecule has 1 saturated heterocycles. The topological polar surface area (TPSA) is 77.3 Å². The summed E-state index contributed by atoms with van der Waals surface area (Å²) in [5, 5.41) is 4.12. The smallest absolute Gasteiger partial charge is 0.245 e. The molecule has 0 bridgehead atoms. The Morgan fingerprint density at radius 3 is 2.55 bits per heavy atom. The van der Waals surface area contributed by atoms with Crippen LogP contribution < -0.4 is 14.8 Å². The van der Waals surface area contributed by atoms with Gasteiger partial charge in [-0.15, -0.1) is 0 Å². The van der Waals surface area contributed by atoms with Gasteiger partial charge in [-0.25, -0.2) is 9.97 Å². The van der Waals surface area contributed by atoms with E-state index in [-0.39, 0.29) is 5.60 Å². The maximum Gasteiger partial charge on any atom is 0.245 e. The van der Waals surface area contributed by atoms with Gasteiger partial charge >= 0.3 is 0 Å². The first-order chi connectivity index (χ1) is 18.5. The number of hydrogen-bond donors (Lipinski definition) is 1. The average Bonchev–Trinajstić information content (AvgIpc) is 3.55. The molecule has 0 radical (unpaired) electrons. The summed E-state index contributed by atoms with van der Waals surface area (Å²) in [4.78, 5) is 16.3. The van der Waals surface area contributed by atoms with Gasteiger partial charge in [0.15, 0.2) is 11.2 Å². The van der Waals surface area contributed by atoms with E-state index in [0.717, 1.165) is 51.1 Å². The first-order valence-electron chi connectivity index (χ1n) is 13.0. The zero-order valence-corrected chi connectivity index (χ0v) is 22.8. The summed E-state index contributed by atoms with van der Waals surface area (Å²) >= 11 is 13.6. The van der Waals surface area contributed by atoms with E-state index < -0.39 is 0 Å². The van der Waals surface area contributed by atoms with Crippen LogP contribution in [0, 0.1) is 0 Å².